The van der Waals surface area contributed by atoms with Gasteiger partial charge in [0.05, 0.1) is 11.7 Å². The standard InChI is InChI=1S/C11H11F3N2O/c1-2-3-8(15)11(17)16-9-5-6(12)4-7(13)10(9)14/h2,4-5,8H,1,3,15H2,(H,16,17). The van der Waals surface area contributed by atoms with E-state index >= 15 is 0 Å². The number of nitrogens with two attached hydrogens (primary N) is 1. The van der Waals surface area contributed by atoms with Gasteiger partial charge in [0, 0.05) is 12.1 Å². The highest BCUT2D eigenvalue weighted by Crippen LogP contribution is 2.19. The van der Waals surface area contributed by atoms with E-state index in [0.717, 1.165) is 0 Å². The van der Waals surface area contributed by atoms with Gasteiger partial charge in [-0.25, -0.2) is 13.2 Å². The number of carbonyl (C=O) groups is 1. The number of hydrogen-bond acceptors (Lipinski definition) is 2. The van der Waals surface area contributed by atoms with E-state index in [1.54, 1.807) is 0 Å². The third-order valence-electron chi connectivity index (χ3n) is 2.01. The van der Waals surface area contributed by atoms with E-state index in [0.29, 0.717) is 12.1 Å². The van der Waals surface area contributed by atoms with Gasteiger partial charge in [0.15, 0.2) is 11.6 Å². The van der Waals surface area contributed by atoms with Crippen molar-refractivity contribution < 1.29 is 18.0 Å². The highest BCUT2D eigenvalue weighted by atomic mass is 19.2. The van der Waals surface area contributed by atoms with Crippen molar-refractivity contribution in [1.29, 1.82) is 0 Å². The third-order valence-corrected chi connectivity index (χ3v) is 2.01. The first-order valence-corrected chi connectivity index (χ1v) is 4.77. The molecule has 17 heavy (non-hydrogen) atoms. The molecule has 1 aromatic carbocycles. The van der Waals surface area contributed by atoms with Gasteiger partial charge in [-0.1, -0.05) is 6.08 Å². The molecule has 0 heterocycles. The van der Waals surface area contributed by atoms with Gasteiger partial charge in [0.25, 0.3) is 0 Å². The number of anilines is 1. The van der Waals surface area contributed by atoms with Gasteiger partial charge < -0.3 is 11.1 Å². The maximum absolute atomic E-state index is 13.2. The number of hydrogen-bond donors (Lipinski definition) is 2. The van der Waals surface area contributed by atoms with Crippen LogP contribution in [0.5, 0.6) is 0 Å². The number of nitrogens with one attached hydrogen (secondary N) is 1. The minimum Gasteiger partial charge on any atom is -0.322 e. The zero-order valence-electron chi connectivity index (χ0n) is 8.84. The van der Waals surface area contributed by atoms with Gasteiger partial charge in [0.1, 0.15) is 5.82 Å². The van der Waals surface area contributed by atoms with Crippen LogP contribution in [0.4, 0.5) is 18.9 Å². The Morgan fingerprint density at radius 2 is 2.12 bits per heavy atom. The van der Waals surface area contributed by atoms with Gasteiger partial charge in [-0.15, -0.1) is 6.58 Å². The molecule has 6 heteroatoms. The van der Waals surface area contributed by atoms with E-state index < -0.39 is 35.1 Å². The van der Waals surface area contributed by atoms with Crippen LogP contribution in [0.15, 0.2) is 24.8 Å². The summed E-state index contributed by atoms with van der Waals surface area (Å²) in [5.41, 5.74) is 4.83. The SMILES string of the molecule is C=CCC(N)C(=O)Nc1cc(F)cc(F)c1F. The van der Waals surface area contributed by atoms with Gasteiger partial charge in [0.2, 0.25) is 5.91 Å². The minimum absolute atomic E-state index is 0.172. The normalized spacial score (nSPS) is 12.0. The summed E-state index contributed by atoms with van der Waals surface area (Å²) in [4.78, 5) is 11.4. The summed E-state index contributed by atoms with van der Waals surface area (Å²) < 4.78 is 38.8. The Bertz CT molecular complexity index is 449. The molecule has 0 aliphatic rings. The predicted octanol–water partition coefficient (Wildman–Crippen LogP) is 1.95. The predicted molar refractivity (Wildman–Crippen MR) is 57.7 cm³/mol. The lowest BCUT2D eigenvalue weighted by Gasteiger charge is -2.11. The van der Waals surface area contributed by atoms with Crippen LogP contribution in [0, 0.1) is 17.5 Å². The van der Waals surface area contributed by atoms with Crippen LogP contribution in [0.25, 0.3) is 0 Å². The molecule has 1 atom stereocenters. The summed E-state index contributed by atoms with van der Waals surface area (Å²) in [5.74, 6) is -4.44. The van der Waals surface area contributed by atoms with E-state index in [4.69, 9.17) is 5.73 Å². The smallest absolute Gasteiger partial charge is 0.241 e. The summed E-state index contributed by atoms with van der Waals surface area (Å²) in [6, 6.07) is 0.115. The summed E-state index contributed by atoms with van der Waals surface area (Å²) in [6.45, 7) is 3.38. The lowest BCUT2D eigenvalue weighted by Crippen LogP contribution is -2.35. The maximum Gasteiger partial charge on any atom is 0.241 e. The molecular weight excluding hydrogens is 233 g/mol. The van der Waals surface area contributed by atoms with Crippen LogP contribution in [-0.4, -0.2) is 11.9 Å². The van der Waals surface area contributed by atoms with Crippen molar-refractivity contribution in [2.24, 2.45) is 5.73 Å². The first kappa shape index (κ1) is 13.2. The number of benzene rings is 1. The van der Waals surface area contributed by atoms with Crippen molar-refractivity contribution in [1.82, 2.24) is 0 Å². The van der Waals surface area contributed by atoms with Crippen LogP contribution >= 0.6 is 0 Å². The highest BCUT2D eigenvalue weighted by molar-refractivity contribution is 5.94. The second kappa shape index (κ2) is 5.49. The lowest BCUT2D eigenvalue weighted by molar-refractivity contribution is -0.117. The molecule has 92 valence electrons. The fourth-order valence-corrected chi connectivity index (χ4v) is 1.16. The first-order valence-electron chi connectivity index (χ1n) is 4.77. The minimum atomic E-state index is -1.38. The molecule has 0 aromatic heterocycles. The molecule has 1 unspecified atom stereocenters. The number of amides is 1. The van der Waals surface area contributed by atoms with Crippen LogP contribution in [0.2, 0.25) is 0 Å². The molecule has 0 aliphatic heterocycles. The van der Waals surface area contributed by atoms with Crippen molar-refractivity contribution in [3.8, 4) is 0 Å². The third kappa shape index (κ3) is 3.32. The maximum atomic E-state index is 13.2. The molecule has 0 radical (unpaired) electrons. The lowest BCUT2D eigenvalue weighted by atomic mass is 10.2. The van der Waals surface area contributed by atoms with Crippen LogP contribution in [-0.2, 0) is 4.79 Å². The van der Waals surface area contributed by atoms with Crippen LogP contribution in [0.3, 0.4) is 0 Å². The molecule has 0 spiro atoms. The van der Waals surface area contributed by atoms with E-state index in [9.17, 15) is 18.0 Å². The molecule has 1 aromatic rings. The van der Waals surface area contributed by atoms with E-state index in [1.807, 2.05) is 5.32 Å². The average Bonchev–Trinajstić information content (AvgIpc) is 2.25. The zero-order chi connectivity index (χ0) is 13.0. The fraction of sp³-hybridized carbons (Fsp3) is 0.182. The monoisotopic (exact) mass is 244 g/mol. The molecule has 1 amide bonds. The molecule has 0 bridgehead atoms. The van der Waals surface area contributed by atoms with Crippen molar-refractivity contribution in [2.45, 2.75) is 12.5 Å². The van der Waals surface area contributed by atoms with E-state index in [-0.39, 0.29) is 6.42 Å². The topological polar surface area (TPSA) is 55.1 Å². The Morgan fingerprint density at radius 1 is 1.47 bits per heavy atom. The van der Waals surface area contributed by atoms with Crippen molar-refractivity contribution in [2.75, 3.05) is 5.32 Å². The quantitative estimate of drug-likeness (QED) is 0.628. The van der Waals surface area contributed by atoms with Crippen molar-refractivity contribution in [3.63, 3.8) is 0 Å². The van der Waals surface area contributed by atoms with Crippen molar-refractivity contribution in [3.05, 3.63) is 42.2 Å². The molecule has 0 fully saturated rings. The van der Waals surface area contributed by atoms with Gasteiger partial charge >= 0.3 is 0 Å². The van der Waals surface area contributed by atoms with E-state index in [2.05, 4.69) is 6.58 Å². The van der Waals surface area contributed by atoms with Crippen molar-refractivity contribution >= 4 is 11.6 Å². The molecule has 0 saturated heterocycles. The number of carbonyl (C=O) groups excluding carboxylic acids is 1. The molecule has 0 aliphatic carbocycles. The summed E-state index contributed by atoms with van der Waals surface area (Å²) in [5, 5.41) is 2.01. The van der Waals surface area contributed by atoms with Gasteiger partial charge in [-0.3, -0.25) is 4.79 Å². The Balaban J connectivity index is 2.88. The number of rotatable bonds is 4. The Hall–Kier alpha value is -1.82. The first-order chi connectivity index (χ1) is 7.95. The Kier molecular flexibility index (Phi) is 4.28. The largest absolute Gasteiger partial charge is 0.322 e. The fourth-order valence-electron chi connectivity index (χ4n) is 1.16. The highest BCUT2D eigenvalue weighted by Gasteiger charge is 2.17. The van der Waals surface area contributed by atoms with Gasteiger partial charge in [-0.05, 0) is 6.42 Å². The Labute approximate surface area is 96.1 Å². The summed E-state index contributed by atoms with van der Waals surface area (Å²) in [7, 11) is 0. The van der Waals surface area contributed by atoms with Crippen LogP contribution in [0.1, 0.15) is 6.42 Å². The molecule has 3 nitrogen and oxygen atoms in total. The molecule has 3 N–H and O–H groups in total. The average molecular weight is 244 g/mol. The summed E-state index contributed by atoms with van der Waals surface area (Å²) >= 11 is 0. The number of halogens is 3. The molecule has 0 saturated carbocycles. The second-order valence-electron chi connectivity index (χ2n) is 3.37. The molecule has 1 rings (SSSR count). The van der Waals surface area contributed by atoms with Gasteiger partial charge in [-0.2, -0.15) is 0 Å². The second-order valence-corrected chi connectivity index (χ2v) is 3.37. The Morgan fingerprint density at radius 3 is 2.71 bits per heavy atom. The molecular formula is C11H11F3N2O. The van der Waals surface area contributed by atoms with Crippen LogP contribution < -0.4 is 11.1 Å². The summed E-state index contributed by atoms with van der Waals surface area (Å²) in [6.07, 6.45) is 1.58. The van der Waals surface area contributed by atoms with E-state index in [1.165, 1.54) is 6.08 Å². The zero-order valence-corrected chi connectivity index (χ0v) is 8.84.